The largest absolute Gasteiger partial charge is 0.490 e. The lowest BCUT2D eigenvalue weighted by atomic mass is 10.1. The summed E-state index contributed by atoms with van der Waals surface area (Å²) in [5.74, 6) is -0.310. The second-order valence-corrected chi connectivity index (χ2v) is 4.39. The molecule has 0 radical (unpaired) electrons. The van der Waals surface area contributed by atoms with Gasteiger partial charge in [-0.25, -0.2) is 9.86 Å². The third kappa shape index (κ3) is 4.13. The van der Waals surface area contributed by atoms with Crippen LogP contribution in [0.5, 0.6) is 5.75 Å². The Morgan fingerprint density at radius 2 is 2.10 bits per heavy atom. The molecule has 0 aliphatic rings. The van der Waals surface area contributed by atoms with Crippen molar-refractivity contribution in [1.82, 2.24) is 5.06 Å². The van der Waals surface area contributed by atoms with Gasteiger partial charge < -0.3 is 15.8 Å². The number of urea groups is 1. The van der Waals surface area contributed by atoms with E-state index in [1.54, 1.807) is 19.1 Å². The number of nitrogens with zero attached hydrogens (tertiary/aromatic N) is 1. The Hall–Kier alpha value is -2.28. The zero-order valence-electron chi connectivity index (χ0n) is 11.7. The van der Waals surface area contributed by atoms with Crippen LogP contribution in [0.1, 0.15) is 31.1 Å². The fourth-order valence-electron chi connectivity index (χ4n) is 1.49. The molecule has 0 aliphatic heterocycles. The van der Waals surface area contributed by atoms with Crippen LogP contribution < -0.4 is 15.8 Å². The number of hydrogen-bond acceptors (Lipinski definition) is 4. The molecule has 1 rings (SSSR count). The van der Waals surface area contributed by atoms with Crippen molar-refractivity contribution in [2.45, 2.75) is 26.9 Å². The topological polar surface area (TPSA) is 105 Å². The van der Waals surface area contributed by atoms with E-state index in [-0.39, 0.29) is 18.2 Å². The molecule has 0 unspecified atom stereocenters. The Bertz CT molecular complexity index is 502. The van der Waals surface area contributed by atoms with Gasteiger partial charge in [0.05, 0.1) is 11.7 Å². The van der Waals surface area contributed by atoms with Crippen LogP contribution in [0.15, 0.2) is 18.2 Å². The highest BCUT2D eigenvalue weighted by Crippen LogP contribution is 2.23. The summed E-state index contributed by atoms with van der Waals surface area (Å²) in [7, 11) is 0. The first kappa shape index (κ1) is 15.8. The van der Waals surface area contributed by atoms with E-state index in [0.29, 0.717) is 16.5 Å². The van der Waals surface area contributed by atoms with E-state index in [1.807, 2.05) is 13.8 Å². The summed E-state index contributed by atoms with van der Waals surface area (Å²) in [6.07, 6.45) is -0.110. The van der Waals surface area contributed by atoms with Crippen molar-refractivity contribution in [2.24, 2.45) is 5.73 Å². The Labute approximate surface area is 117 Å². The summed E-state index contributed by atoms with van der Waals surface area (Å²) >= 11 is 0. The Balaban J connectivity index is 2.98. The highest BCUT2D eigenvalue weighted by molar-refractivity contribution is 5.98. The van der Waals surface area contributed by atoms with Crippen molar-refractivity contribution < 1.29 is 19.5 Å². The van der Waals surface area contributed by atoms with Crippen LogP contribution in [-0.2, 0) is 0 Å². The highest BCUT2D eigenvalue weighted by Gasteiger charge is 2.14. The summed E-state index contributed by atoms with van der Waals surface area (Å²) in [5, 5.41) is 12.2. The van der Waals surface area contributed by atoms with Gasteiger partial charge in [0.1, 0.15) is 5.75 Å². The monoisotopic (exact) mass is 281 g/mol. The first-order chi connectivity index (χ1) is 9.35. The summed E-state index contributed by atoms with van der Waals surface area (Å²) in [4.78, 5) is 22.9. The highest BCUT2D eigenvalue weighted by atomic mass is 16.5. The van der Waals surface area contributed by atoms with Crippen LogP contribution in [0.25, 0.3) is 0 Å². The van der Waals surface area contributed by atoms with Gasteiger partial charge in [-0.05, 0) is 39.0 Å². The first-order valence-electron chi connectivity index (χ1n) is 6.23. The van der Waals surface area contributed by atoms with E-state index in [2.05, 4.69) is 5.32 Å². The second-order valence-electron chi connectivity index (χ2n) is 4.39. The predicted molar refractivity (Wildman–Crippen MR) is 73.9 cm³/mol. The van der Waals surface area contributed by atoms with Crippen LogP contribution in [0.3, 0.4) is 0 Å². The van der Waals surface area contributed by atoms with E-state index in [4.69, 9.17) is 10.5 Å². The van der Waals surface area contributed by atoms with Gasteiger partial charge in [0.2, 0.25) is 0 Å². The number of amides is 3. The number of hydrogen-bond donors (Lipinski definition) is 3. The molecule has 1 aromatic rings. The number of nitrogens with one attached hydrogen (secondary N) is 1. The van der Waals surface area contributed by atoms with Gasteiger partial charge >= 0.3 is 6.03 Å². The minimum absolute atomic E-state index is 0.110. The molecule has 110 valence electrons. The smallest absolute Gasteiger partial charge is 0.345 e. The Morgan fingerprint density at radius 3 is 2.60 bits per heavy atom. The Kier molecular flexibility index (Phi) is 5.33. The lowest BCUT2D eigenvalue weighted by Gasteiger charge is -2.16. The van der Waals surface area contributed by atoms with Crippen molar-refractivity contribution in [3.63, 3.8) is 0 Å². The second kappa shape index (κ2) is 6.76. The molecule has 3 amide bonds. The maximum Gasteiger partial charge on any atom is 0.345 e. The quantitative estimate of drug-likeness (QED) is 0.565. The minimum atomic E-state index is -0.694. The number of benzene rings is 1. The summed E-state index contributed by atoms with van der Waals surface area (Å²) in [6, 6.07) is 3.82. The van der Waals surface area contributed by atoms with Crippen LogP contribution in [0.2, 0.25) is 0 Å². The van der Waals surface area contributed by atoms with Crippen LogP contribution in [0.4, 0.5) is 10.5 Å². The maximum atomic E-state index is 11.5. The number of hydroxylamine groups is 2. The van der Waals surface area contributed by atoms with E-state index in [9.17, 15) is 14.8 Å². The average molecular weight is 281 g/mol. The number of carbonyl (C=O) groups is 2. The van der Waals surface area contributed by atoms with Gasteiger partial charge in [-0.3, -0.25) is 10.0 Å². The lowest BCUT2D eigenvalue weighted by Crippen LogP contribution is -2.31. The SMILES string of the molecule is CCN(O)C(=O)Nc1ccc(OC(C)C)c(C(N)=O)c1. The van der Waals surface area contributed by atoms with Crippen molar-refractivity contribution in [1.29, 1.82) is 0 Å². The Morgan fingerprint density at radius 1 is 1.45 bits per heavy atom. The first-order valence-corrected chi connectivity index (χ1v) is 6.23. The molecule has 0 saturated heterocycles. The lowest BCUT2D eigenvalue weighted by molar-refractivity contribution is -0.0324. The fourth-order valence-corrected chi connectivity index (χ4v) is 1.49. The van der Waals surface area contributed by atoms with Gasteiger partial charge in [-0.1, -0.05) is 0 Å². The third-order valence-electron chi connectivity index (χ3n) is 2.39. The standard InChI is InChI=1S/C13H19N3O4/c1-4-16(19)13(18)15-9-5-6-11(20-8(2)3)10(7-9)12(14)17/h5-8,19H,4H2,1-3H3,(H2,14,17)(H,15,18). The predicted octanol–water partition coefficient (Wildman–Crippen LogP) is 1.82. The molecule has 0 heterocycles. The van der Waals surface area contributed by atoms with Gasteiger partial charge in [0, 0.05) is 12.2 Å². The minimum Gasteiger partial charge on any atom is -0.490 e. The van der Waals surface area contributed by atoms with Crippen LogP contribution in [-0.4, -0.2) is 34.9 Å². The molecule has 7 nitrogen and oxygen atoms in total. The van der Waals surface area contributed by atoms with Gasteiger partial charge in [-0.15, -0.1) is 0 Å². The molecule has 0 spiro atoms. The molecular formula is C13H19N3O4. The van der Waals surface area contributed by atoms with Crippen molar-refractivity contribution in [2.75, 3.05) is 11.9 Å². The van der Waals surface area contributed by atoms with E-state index < -0.39 is 11.9 Å². The molecule has 0 atom stereocenters. The summed E-state index contributed by atoms with van der Waals surface area (Å²) in [6.45, 7) is 5.41. The van der Waals surface area contributed by atoms with Gasteiger partial charge in [-0.2, -0.15) is 0 Å². The van der Waals surface area contributed by atoms with E-state index in [1.165, 1.54) is 6.07 Å². The summed E-state index contributed by atoms with van der Waals surface area (Å²) in [5.41, 5.74) is 5.79. The van der Waals surface area contributed by atoms with Crippen LogP contribution >= 0.6 is 0 Å². The zero-order chi connectivity index (χ0) is 15.3. The molecule has 0 bridgehead atoms. The fraction of sp³-hybridized carbons (Fsp3) is 0.385. The van der Waals surface area contributed by atoms with Gasteiger partial charge in [0.15, 0.2) is 0 Å². The summed E-state index contributed by atoms with van der Waals surface area (Å²) < 4.78 is 5.46. The average Bonchev–Trinajstić information content (AvgIpc) is 2.38. The molecule has 1 aromatic carbocycles. The number of primary amides is 1. The van der Waals surface area contributed by atoms with E-state index in [0.717, 1.165) is 0 Å². The van der Waals surface area contributed by atoms with E-state index >= 15 is 0 Å². The number of rotatable bonds is 5. The normalized spacial score (nSPS) is 10.2. The van der Waals surface area contributed by atoms with Crippen LogP contribution in [0, 0.1) is 0 Å². The molecule has 20 heavy (non-hydrogen) atoms. The molecule has 0 aliphatic carbocycles. The molecule has 4 N–H and O–H groups in total. The van der Waals surface area contributed by atoms with Gasteiger partial charge in [0.25, 0.3) is 5.91 Å². The third-order valence-corrected chi connectivity index (χ3v) is 2.39. The molecule has 0 fully saturated rings. The maximum absolute atomic E-state index is 11.5. The van der Waals surface area contributed by atoms with Crippen molar-refractivity contribution in [3.05, 3.63) is 23.8 Å². The molecular weight excluding hydrogens is 262 g/mol. The zero-order valence-corrected chi connectivity index (χ0v) is 11.7. The molecule has 0 aromatic heterocycles. The molecule has 0 saturated carbocycles. The molecule has 7 heteroatoms. The van der Waals surface area contributed by atoms with Crippen molar-refractivity contribution in [3.8, 4) is 5.75 Å². The number of anilines is 1. The number of carbonyl (C=O) groups excluding carboxylic acids is 2. The number of ether oxygens (including phenoxy) is 1. The number of nitrogens with two attached hydrogens (primary N) is 1. The van der Waals surface area contributed by atoms with Crippen molar-refractivity contribution >= 4 is 17.6 Å².